The largest absolute Gasteiger partial charge is 0.482 e. The van der Waals surface area contributed by atoms with E-state index in [1.54, 1.807) is 4.90 Å². The van der Waals surface area contributed by atoms with Crippen molar-refractivity contribution < 1.29 is 14.3 Å². The van der Waals surface area contributed by atoms with Crippen LogP contribution in [0.25, 0.3) is 10.8 Å². The fourth-order valence-electron chi connectivity index (χ4n) is 3.10. The first kappa shape index (κ1) is 16.1. The van der Waals surface area contributed by atoms with Crippen molar-refractivity contribution in [3.8, 4) is 5.75 Å². The Balaban J connectivity index is 1.43. The number of hydrogen-bond donors (Lipinski definition) is 1. The van der Waals surface area contributed by atoms with Crippen molar-refractivity contribution in [1.82, 2.24) is 0 Å². The zero-order chi connectivity index (χ0) is 17.9. The van der Waals surface area contributed by atoms with Crippen molar-refractivity contribution in [2.24, 2.45) is 0 Å². The minimum atomic E-state index is -0.137. The van der Waals surface area contributed by atoms with Gasteiger partial charge in [-0.1, -0.05) is 42.5 Å². The van der Waals surface area contributed by atoms with Crippen LogP contribution in [0.1, 0.15) is 6.42 Å². The number of carbonyl (C=O) groups excluding carboxylic acids is 2. The molecular weight excluding hydrogens is 328 g/mol. The molecule has 0 spiro atoms. The molecule has 1 heterocycles. The average Bonchev–Trinajstić information content (AvgIpc) is 2.67. The van der Waals surface area contributed by atoms with Gasteiger partial charge in [-0.05, 0) is 35.0 Å². The molecule has 26 heavy (non-hydrogen) atoms. The van der Waals surface area contributed by atoms with Crippen molar-refractivity contribution in [3.05, 3.63) is 66.7 Å². The van der Waals surface area contributed by atoms with Crippen LogP contribution in [0.15, 0.2) is 66.7 Å². The molecule has 0 aliphatic carbocycles. The highest BCUT2D eigenvalue weighted by Gasteiger charge is 2.25. The van der Waals surface area contributed by atoms with Gasteiger partial charge in [0.2, 0.25) is 5.91 Å². The van der Waals surface area contributed by atoms with Gasteiger partial charge in [-0.25, -0.2) is 0 Å². The molecule has 1 aliphatic heterocycles. The molecule has 5 nitrogen and oxygen atoms in total. The van der Waals surface area contributed by atoms with Crippen molar-refractivity contribution >= 4 is 34.0 Å². The molecule has 1 N–H and O–H groups in total. The molecule has 0 saturated heterocycles. The van der Waals surface area contributed by atoms with Gasteiger partial charge in [0.15, 0.2) is 6.61 Å². The monoisotopic (exact) mass is 346 g/mol. The summed E-state index contributed by atoms with van der Waals surface area (Å²) in [6.45, 7) is 0.321. The zero-order valence-corrected chi connectivity index (χ0v) is 14.1. The molecule has 0 radical (unpaired) electrons. The SMILES string of the molecule is O=C(CCN1C(=O)COc2ccccc21)Nc1ccc2ccccc2c1. The maximum Gasteiger partial charge on any atom is 0.265 e. The number of ether oxygens (including phenoxy) is 1. The third-order valence-corrected chi connectivity index (χ3v) is 4.40. The van der Waals surface area contributed by atoms with Gasteiger partial charge in [-0.2, -0.15) is 0 Å². The predicted molar refractivity (Wildman–Crippen MR) is 101 cm³/mol. The minimum Gasteiger partial charge on any atom is -0.482 e. The predicted octanol–water partition coefficient (Wildman–Crippen LogP) is 3.59. The smallest absolute Gasteiger partial charge is 0.265 e. The van der Waals surface area contributed by atoms with Crippen LogP contribution in [0.2, 0.25) is 0 Å². The van der Waals surface area contributed by atoms with E-state index < -0.39 is 0 Å². The Kier molecular flexibility index (Phi) is 4.27. The van der Waals surface area contributed by atoms with Crippen LogP contribution in [-0.4, -0.2) is 25.0 Å². The van der Waals surface area contributed by atoms with E-state index in [0.29, 0.717) is 18.0 Å². The summed E-state index contributed by atoms with van der Waals surface area (Å²) < 4.78 is 5.42. The third-order valence-electron chi connectivity index (χ3n) is 4.40. The molecule has 0 bridgehead atoms. The molecule has 130 valence electrons. The summed E-state index contributed by atoms with van der Waals surface area (Å²) in [5.41, 5.74) is 1.46. The molecule has 5 heteroatoms. The highest BCUT2D eigenvalue weighted by atomic mass is 16.5. The lowest BCUT2D eigenvalue weighted by Crippen LogP contribution is -2.40. The molecule has 0 atom stereocenters. The summed E-state index contributed by atoms with van der Waals surface area (Å²) in [5, 5.41) is 5.10. The molecule has 4 rings (SSSR count). The number of fused-ring (bicyclic) bond motifs is 2. The number of anilines is 2. The van der Waals surface area contributed by atoms with Crippen LogP contribution < -0.4 is 15.0 Å². The summed E-state index contributed by atoms with van der Waals surface area (Å²) in [7, 11) is 0. The van der Waals surface area contributed by atoms with Crippen molar-refractivity contribution in [2.75, 3.05) is 23.4 Å². The van der Waals surface area contributed by atoms with Crippen molar-refractivity contribution in [2.45, 2.75) is 6.42 Å². The van der Waals surface area contributed by atoms with Gasteiger partial charge in [0, 0.05) is 18.7 Å². The maximum atomic E-state index is 12.3. The Morgan fingerprint density at radius 1 is 1.00 bits per heavy atom. The van der Waals surface area contributed by atoms with E-state index in [9.17, 15) is 9.59 Å². The van der Waals surface area contributed by atoms with Gasteiger partial charge in [-0.3, -0.25) is 9.59 Å². The molecule has 0 fully saturated rings. The number of carbonyl (C=O) groups is 2. The van der Waals surface area contributed by atoms with E-state index in [1.165, 1.54) is 0 Å². The Morgan fingerprint density at radius 2 is 1.77 bits per heavy atom. The Bertz CT molecular complexity index is 984. The van der Waals surface area contributed by atoms with Crippen LogP contribution in [-0.2, 0) is 9.59 Å². The number of hydrogen-bond acceptors (Lipinski definition) is 3. The third kappa shape index (κ3) is 3.24. The lowest BCUT2D eigenvalue weighted by atomic mass is 10.1. The number of para-hydroxylation sites is 2. The second-order valence-electron chi connectivity index (χ2n) is 6.16. The molecule has 0 saturated carbocycles. The van der Waals surface area contributed by atoms with Crippen LogP contribution in [0.5, 0.6) is 5.75 Å². The van der Waals surface area contributed by atoms with E-state index in [4.69, 9.17) is 4.74 Å². The second kappa shape index (κ2) is 6.88. The molecule has 2 amide bonds. The van der Waals surface area contributed by atoms with Gasteiger partial charge in [0.25, 0.3) is 5.91 Å². The first-order chi connectivity index (χ1) is 12.7. The number of nitrogens with one attached hydrogen (secondary N) is 1. The number of amides is 2. The molecule has 3 aromatic carbocycles. The summed E-state index contributed by atoms with van der Waals surface area (Å²) in [4.78, 5) is 26.1. The van der Waals surface area contributed by atoms with Crippen LogP contribution in [0, 0.1) is 0 Å². The standard InChI is InChI=1S/C21H18N2O3/c24-20(22-17-10-9-15-5-1-2-6-16(15)13-17)11-12-23-18-7-3-4-8-19(18)26-14-21(23)25/h1-10,13H,11-12,14H2,(H,22,24). The molecular formula is C21H18N2O3. The van der Waals surface area contributed by atoms with Gasteiger partial charge in [0.05, 0.1) is 5.69 Å². The molecule has 0 aromatic heterocycles. The van der Waals surface area contributed by atoms with Crippen LogP contribution in [0.4, 0.5) is 11.4 Å². The summed E-state index contributed by atoms with van der Waals surface area (Å²) in [6, 6.07) is 21.2. The van der Waals surface area contributed by atoms with Crippen molar-refractivity contribution in [1.29, 1.82) is 0 Å². The zero-order valence-electron chi connectivity index (χ0n) is 14.1. The van der Waals surface area contributed by atoms with Gasteiger partial charge in [0.1, 0.15) is 5.75 Å². The topological polar surface area (TPSA) is 58.6 Å². The summed E-state index contributed by atoms with van der Waals surface area (Å²) in [5.74, 6) is 0.404. The number of benzene rings is 3. The highest BCUT2D eigenvalue weighted by Crippen LogP contribution is 2.31. The van der Waals surface area contributed by atoms with Gasteiger partial charge < -0.3 is 15.0 Å². The Morgan fingerprint density at radius 3 is 2.65 bits per heavy atom. The first-order valence-electron chi connectivity index (χ1n) is 8.51. The number of rotatable bonds is 4. The van der Waals surface area contributed by atoms with Crippen LogP contribution >= 0.6 is 0 Å². The second-order valence-corrected chi connectivity index (χ2v) is 6.16. The summed E-state index contributed by atoms with van der Waals surface area (Å²) in [6.07, 6.45) is 0.215. The summed E-state index contributed by atoms with van der Waals surface area (Å²) >= 11 is 0. The van der Waals surface area contributed by atoms with Crippen LogP contribution in [0.3, 0.4) is 0 Å². The van der Waals surface area contributed by atoms with Gasteiger partial charge >= 0.3 is 0 Å². The highest BCUT2D eigenvalue weighted by molar-refractivity contribution is 5.99. The van der Waals surface area contributed by atoms with E-state index in [1.807, 2.05) is 66.7 Å². The van der Waals surface area contributed by atoms with Crippen molar-refractivity contribution in [3.63, 3.8) is 0 Å². The first-order valence-corrected chi connectivity index (χ1v) is 8.51. The quantitative estimate of drug-likeness (QED) is 0.785. The average molecular weight is 346 g/mol. The lowest BCUT2D eigenvalue weighted by Gasteiger charge is -2.29. The Labute approximate surface area is 151 Å². The van der Waals surface area contributed by atoms with E-state index >= 15 is 0 Å². The normalized spacial score (nSPS) is 13.2. The van der Waals surface area contributed by atoms with Gasteiger partial charge in [-0.15, -0.1) is 0 Å². The van der Waals surface area contributed by atoms with E-state index in [2.05, 4.69) is 5.32 Å². The molecule has 1 aliphatic rings. The maximum absolute atomic E-state index is 12.3. The lowest BCUT2D eigenvalue weighted by molar-refractivity contribution is -0.121. The fourth-order valence-corrected chi connectivity index (χ4v) is 3.10. The molecule has 0 unspecified atom stereocenters. The number of nitrogens with zero attached hydrogens (tertiary/aromatic N) is 1. The Hall–Kier alpha value is -3.34. The van der Waals surface area contributed by atoms with E-state index in [-0.39, 0.29) is 24.8 Å². The molecule has 3 aromatic rings. The fraction of sp³-hybridized carbons (Fsp3) is 0.143. The minimum absolute atomic E-state index is 0.00328. The van der Waals surface area contributed by atoms with E-state index in [0.717, 1.165) is 16.5 Å².